The Morgan fingerprint density at radius 3 is 1.38 bits per heavy atom. The molecule has 2 saturated carbocycles. The number of hydrogen-bond donors (Lipinski definition) is 0. The zero-order valence-corrected chi connectivity index (χ0v) is 22.4. The van der Waals surface area contributed by atoms with Crippen molar-refractivity contribution in [3.63, 3.8) is 0 Å². The highest BCUT2D eigenvalue weighted by Gasteiger charge is 2.36. The predicted molar refractivity (Wildman–Crippen MR) is 133 cm³/mol. The average molecular weight is 473 g/mol. The van der Waals surface area contributed by atoms with Crippen LogP contribution in [0.15, 0.2) is 0 Å². The summed E-state index contributed by atoms with van der Waals surface area (Å²) in [7, 11) is 0. The standard InChI is InChI=1S/C28H44N2O4/c1-15(2)21-11-9-17(5)13-23(21)33-27(31)25-19(7)30-26(20(8)29-25)28(32)34-24-14-18(6)10-12-22(24)16(3)4/h15-18,21-24H,9-14H2,1-8H3. The molecular formula is C28H44N2O4. The summed E-state index contributed by atoms with van der Waals surface area (Å²) in [5.74, 6) is 1.80. The lowest BCUT2D eigenvalue weighted by Gasteiger charge is -2.36. The van der Waals surface area contributed by atoms with Gasteiger partial charge >= 0.3 is 11.9 Å². The molecule has 2 aliphatic rings. The van der Waals surface area contributed by atoms with Crippen molar-refractivity contribution in [1.82, 2.24) is 9.97 Å². The van der Waals surface area contributed by atoms with Crippen LogP contribution in [0.25, 0.3) is 0 Å². The van der Waals surface area contributed by atoms with Crippen LogP contribution >= 0.6 is 0 Å². The molecule has 1 aromatic rings. The highest BCUT2D eigenvalue weighted by Crippen LogP contribution is 2.37. The van der Waals surface area contributed by atoms with E-state index >= 15 is 0 Å². The molecular weight excluding hydrogens is 428 g/mol. The van der Waals surface area contributed by atoms with Crippen molar-refractivity contribution in [3.05, 3.63) is 22.8 Å². The Kier molecular flexibility index (Phi) is 8.75. The first-order valence-corrected chi connectivity index (χ1v) is 13.2. The minimum absolute atomic E-state index is 0.108. The molecule has 1 heterocycles. The molecule has 2 fully saturated rings. The highest BCUT2D eigenvalue weighted by molar-refractivity contribution is 5.91. The molecule has 0 spiro atoms. The van der Waals surface area contributed by atoms with E-state index < -0.39 is 11.9 Å². The molecule has 1 aromatic heterocycles. The largest absolute Gasteiger partial charge is 0.457 e. The maximum Gasteiger partial charge on any atom is 0.359 e. The molecule has 2 aliphatic carbocycles. The van der Waals surface area contributed by atoms with Gasteiger partial charge in [0, 0.05) is 0 Å². The third kappa shape index (κ3) is 6.17. The van der Waals surface area contributed by atoms with Crippen molar-refractivity contribution in [2.75, 3.05) is 0 Å². The van der Waals surface area contributed by atoms with E-state index in [1.54, 1.807) is 13.8 Å². The normalized spacial score (nSPS) is 29.8. The van der Waals surface area contributed by atoms with E-state index in [1.165, 1.54) is 12.8 Å². The second-order valence-electron chi connectivity index (χ2n) is 11.6. The van der Waals surface area contributed by atoms with Crippen LogP contribution in [0, 0.1) is 49.4 Å². The van der Waals surface area contributed by atoms with E-state index in [2.05, 4.69) is 51.5 Å². The zero-order valence-electron chi connectivity index (χ0n) is 22.4. The molecule has 0 radical (unpaired) electrons. The molecule has 190 valence electrons. The van der Waals surface area contributed by atoms with Crippen molar-refractivity contribution in [2.24, 2.45) is 35.5 Å². The Morgan fingerprint density at radius 2 is 1.06 bits per heavy atom. The van der Waals surface area contributed by atoms with Gasteiger partial charge in [-0.2, -0.15) is 0 Å². The second kappa shape index (κ2) is 11.2. The third-order valence-electron chi connectivity index (χ3n) is 8.07. The molecule has 6 unspecified atom stereocenters. The highest BCUT2D eigenvalue weighted by atomic mass is 16.5. The summed E-state index contributed by atoms with van der Waals surface area (Å²) in [6.45, 7) is 16.6. The molecule has 0 aliphatic heterocycles. The summed E-state index contributed by atoms with van der Waals surface area (Å²) < 4.78 is 11.9. The molecule has 6 heteroatoms. The Morgan fingerprint density at radius 1 is 0.706 bits per heavy atom. The predicted octanol–water partition coefficient (Wildman–Crippen LogP) is 6.33. The van der Waals surface area contributed by atoms with Gasteiger partial charge in [0.05, 0.1) is 11.4 Å². The molecule has 0 bridgehead atoms. The SMILES string of the molecule is Cc1nc(C(=O)OC2CC(C)CCC2C(C)C)c(C)nc1C(=O)OC1CC(C)CCC1C(C)C. The smallest absolute Gasteiger partial charge is 0.359 e. The number of esters is 2. The zero-order chi connectivity index (χ0) is 25.2. The van der Waals surface area contributed by atoms with Crippen molar-refractivity contribution < 1.29 is 19.1 Å². The van der Waals surface area contributed by atoms with Gasteiger partial charge in [-0.15, -0.1) is 0 Å². The first-order chi connectivity index (χ1) is 16.0. The number of aromatic nitrogens is 2. The number of carbonyl (C=O) groups excluding carboxylic acids is 2. The van der Waals surface area contributed by atoms with Gasteiger partial charge < -0.3 is 9.47 Å². The first-order valence-electron chi connectivity index (χ1n) is 13.2. The molecule has 0 saturated heterocycles. The second-order valence-corrected chi connectivity index (χ2v) is 11.6. The maximum absolute atomic E-state index is 13.1. The molecule has 0 amide bonds. The number of nitrogens with zero attached hydrogens (tertiary/aromatic N) is 2. The van der Waals surface area contributed by atoms with Crippen LogP contribution in [-0.4, -0.2) is 34.1 Å². The minimum atomic E-state index is -0.446. The lowest BCUT2D eigenvalue weighted by atomic mass is 9.75. The average Bonchev–Trinajstić information content (AvgIpc) is 2.74. The fourth-order valence-electron chi connectivity index (χ4n) is 5.88. The quantitative estimate of drug-likeness (QED) is 0.450. The third-order valence-corrected chi connectivity index (χ3v) is 8.07. The van der Waals surface area contributed by atoms with Gasteiger partial charge in [0.1, 0.15) is 12.2 Å². The number of ether oxygens (including phenoxy) is 2. The van der Waals surface area contributed by atoms with Crippen LogP contribution in [0.5, 0.6) is 0 Å². The van der Waals surface area contributed by atoms with Gasteiger partial charge in [0.15, 0.2) is 11.4 Å². The van der Waals surface area contributed by atoms with Crippen LogP contribution < -0.4 is 0 Å². The number of carbonyl (C=O) groups is 2. The van der Waals surface area contributed by atoms with Crippen molar-refractivity contribution in [3.8, 4) is 0 Å². The van der Waals surface area contributed by atoms with Gasteiger partial charge in [-0.3, -0.25) is 0 Å². The van der Waals surface area contributed by atoms with Crippen LogP contribution in [0.4, 0.5) is 0 Å². The summed E-state index contributed by atoms with van der Waals surface area (Å²) in [4.78, 5) is 35.1. The number of aryl methyl sites for hydroxylation is 2. The number of rotatable bonds is 6. The molecule has 3 rings (SSSR count). The molecule has 6 atom stereocenters. The lowest BCUT2D eigenvalue weighted by molar-refractivity contribution is -0.0195. The van der Waals surface area contributed by atoms with Gasteiger partial charge in [0.2, 0.25) is 0 Å². The Bertz CT molecular complexity index is 810. The van der Waals surface area contributed by atoms with E-state index in [0.29, 0.717) is 46.9 Å². The molecule has 0 N–H and O–H groups in total. The van der Waals surface area contributed by atoms with E-state index in [4.69, 9.17) is 9.47 Å². The minimum Gasteiger partial charge on any atom is -0.457 e. The van der Waals surface area contributed by atoms with Crippen LogP contribution in [0.1, 0.15) is 112 Å². The summed E-state index contributed by atoms with van der Waals surface area (Å²) in [5, 5.41) is 0. The summed E-state index contributed by atoms with van der Waals surface area (Å²) in [6.07, 6.45) is 6.02. The fraction of sp³-hybridized carbons (Fsp3) is 0.786. The lowest BCUT2D eigenvalue weighted by Crippen LogP contribution is -2.37. The Balaban J connectivity index is 1.75. The molecule has 0 aromatic carbocycles. The Labute approximate surface area is 205 Å². The number of hydrogen-bond acceptors (Lipinski definition) is 6. The summed E-state index contributed by atoms with van der Waals surface area (Å²) in [6, 6.07) is 0. The van der Waals surface area contributed by atoms with Crippen molar-refractivity contribution in [2.45, 2.75) is 106 Å². The molecule has 6 nitrogen and oxygen atoms in total. The fourth-order valence-corrected chi connectivity index (χ4v) is 5.88. The van der Waals surface area contributed by atoms with Crippen LogP contribution in [0.2, 0.25) is 0 Å². The molecule has 34 heavy (non-hydrogen) atoms. The summed E-state index contributed by atoms with van der Waals surface area (Å²) >= 11 is 0. The van der Waals surface area contributed by atoms with Crippen molar-refractivity contribution >= 4 is 11.9 Å². The van der Waals surface area contributed by atoms with E-state index in [1.807, 2.05) is 0 Å². The Hall–Kier alpha value is -1.98. The monoisotopic (exact) mass is 472 g/mol. The first kappa shape index (κ1) is 26.6. The van der Waals surface area contributed by atoms with Gasteiger partial charge in [-0.1, -0.05) is 54.4 Å². The topological polar surface area (TPSA) is 78.4 Å². The van der Waals surface area contributed by atoms with E-state index in [9.17, 15) is 9.59 Å². The van der Waals surface area contributed by atoms with Crippen molar-refractivity contribution in [1.29, 1.82) is 0 Å². The maximum atomic E-state index is 13.1. The van der Waals surface area contributed by atoms with E-state index in [-0.39, 0.29) is 23.6 Å². The van der Waals surface area contributed by atoms with Crippen LogP contribution in [-0.2, 0) is 9.47 Å². The summed E-state index contributed by atoms with van der Waals surface area (Å²) in [5.41, 5.74) is 1.21. The van der Waals surface area contributed by atoms with Gasteiger partial charge in [-0.25, -0.2) is 19.6 Å². The van der Waals surface area contributed by atoms with Gasteiger partial charge in [0.25, 0.3) is 0 Å². The van der Waals surface area contributed by atoms with Gasteiger partial charge in [-0.05, 0) is 75.0 Å². The van der Waals surface area contributed by atoms with Crippen LogP contribution in [0.3, 0.4) is 0 Å². The van der Waals surface area contributed by atoms with E-state index in [0.717, 1.165) is 25.7 Å².